The summed E-state index contributed by atoms with van der Waals surface area (Å²) in [5.41, 5.74) is 0.210. The molecule has 14 heteroatoms. The van der Waals surface area contributed by atoms with Crippen LogP contribution in [-0.4, -0.2) is 75.9 Å². The Morgan fingerprint density at radius 3 is 2.50 bits per heavy atom. The van der Waals surface area contributed by atoms with Crippen molar-refractivity contribution in [1.29, 1.82) is 0 Å². The number of halogens is 1. The monoisotopic (exact) mass is 627 g/mol. The Bertz CT molecular complexity index is 1560. The van der Waals surface area contributed by atoms with Crippen LogP contribution < -0.4 is 9.46 Å². The standard InChI is InChI=1S/C26H30ClN3O7S3/c1-17-14-30(18(2)16-31)26(32)22-13-20(28-39(33,34)21-9-6-19(27)7-10-21)8-11-23(22)37-24(17)15-29(3)40(35,36)25-5-4-12-38-25/h4-13,17-18,24,28,31H,14-16H2,1-3H3/t17-,18-,24+/m1/s1. The van der Waals surface area contributed by atoms with Crippen LogP contribution in [0, 0.1) is 5.92 Å². The van der Waals surface area contributed by atoms with Crippen LogP contribution in [0.2, 0.25) is 5.02 Å². The Kier molecular flexibility index (Phi) is 9.12. The summed E-state index contributed by atoms with van der Waals surface area (Å²) in [4.78, 5) is 15.1. The van der Waals surface area contributed by atoms with Crippen molar-refractivity contribution in [3.8, 4) is 5.75 Å². The number of rotatable bonds is 9. The van der Waals surface area contributed by atoms with E-state index in [1.165, 1.54) is 64.8 Å². The lowest BCUT2D eigenvalue weighted by atomic mass is 9.99. The minimum Gasteiger partial charge on any atom is -0.488 e. The number of thiophene rings is 1. The number of aliphatic hydroxyl groups excluding tert-OH is 1. The van der Waals surface area contributed by atoms with Crippen molar-refractivity contribution in [3.05, 3.63) is 70.6 Å². The molecule has 2 heterocycles. The van der Waals surface area contributed by atoms with Crippen molar-refractivity contribution in [2.24, 2.45) is 5.92 Å². The third kappa shape index (κ3) is 6.45. The second-order valence-electron chi connectivity index (χ2n) is 9.61. The molecule has 10 nitrogen and oxygen atoms in total. The molecule has 1 aliphatic rings. The molecule has 0 saturated carbocycles. The summed E-state index contributed by atoms with van der Waals surface area (Å²) < 4.78 is 62.2. The number of ether oxygens (including phenoxy) is 1. The van der Waals surface area contributed by atoms with Gasteiger partial charge in [0.15, 0.2) is 0 Å². The van der Waals surface area contributed by atoms with E-state index in [9.17, 15) is 26.7 Å². The van der Waals surface area contributed by atoms with Crippen molar-refractivity contribution in [2.75, 3.05) is 31.5 Å². The van der Waals surface area contributed by atoms with E-state index in [0.717, 1.165) is 11.3 Å². The summed E-state index contributed by atoms with van der Waals surface area (Å²) in [5.74, 6) is -0.586. The van der Waals surface area contributed by atoms with Gasteiger partial charge >= 0.3 is 0 Å². The molecular formula is C26H30ClN3O7S3. The van der Waals surface area contributed by atoms with Gasteiger partial charge in [-0.1, -0.05) is 24.6 Å². The number of hydrogen-bond donors (Lipinski definition) is 2. The fourth-order valence-electron chi connectivity index (χ4n) is 4.25. The summed E-state index contributed by atoms with van der Waals surface area (Å²) in [6, 6.07) is 12.6. The quantitative estimate of drug-likeness (QED) is 0.369. The van der Waals surface area contributed by atoms with E-state index in [-0.39, 0.29) is 51.7 Å². The lowest BCUT2D eigenvalue weighted by molar-refractivity contribution is 0.0387. The molecule has 2 aromatic carbocycles. The molecule has 40 heavy (non-hydrogen) atoms. The number of fused-ring (bicyclic) bond motifs is 1. The Labute approximate surface area is 243 Å². The first-order valence-corrected chi connectivity index (χ1v) is 16.5. The molecule has 3 atom stereocenters. The largest absolute Gasteiger partial charge is 0.488 e. The highest BCUT2D eigenvalue weighted by atomic mass is 35.5. The fourth-order valence-corrected chi connectivity index (χ4v) is 7.81. The first kappa shape index (κ1) is 30.3. The molecular weight excluding hydrogens is 598 g/mol. The molecule has 1 amide bonds. The van der Waals surface area contributed by atoms with Crippen LogP contribution in [0.5, 0.6) is 5.75 Å². The van der Waals surface area contributed by atoms with Crippen molar-refractivity contribution >= 4 is 54.6 Å². The number of amides is 1. The SMILES string of the molecule is C[C@@H]1CN([C@H](C)CO)C(=O)c2cc(NS(=O)(=O)c3ccc(Cl)cc3)ccc2O[C@H]1CN(C)S(=O)(=O)c1cccs1. The number of aliphatic hydroxyl groups is 1. The first-order valence-electron chi connectivity index (χ1n) is 12.3. The molecule has 3 aromatic rings. The van der Waals surface area contributed by atoms with Gasteiger partial charge in [0.05, 0.1) is 29.7 Å². The Balaban J connectivity index is 1.68. The van der Waals surface area contributed by atoms with Crippen molar-refractivity contribution in [1.82, 2.24) is 9.21 Å². The molecule has 0 saturated heterocycles. The van der Waals surface area contributed by atoms with Gasteiger partial charge in [-0.3, -0.25) is 9.52 Å². The van der Waals surface area contributed by atoms with Crippen LogP contribution >= 0.6 is 22.9 Å². The number of sulfonamides is 2. The first-order chi connectivity index (χ1) is 18.8. The van der Waals surface area contributed by atoms with Gasteiger partial charge in [0, 0.05) is 30.2 Å². The summed E-state index contributed by atoms with van der Waals surface area (Å²) >= 11 is 6.99. The molecule has 0 radical (unpaired) electrons. The van der Waals surface area contributed by atoms with Crippen LogP contribution in [0.1, 0.15) is 24.2 Å². The van der Waals surface area contributed by atoms with Crippen LogP contribution in [-0.2, 0) is 20.0 Å². The molecule has 0 fully saturated rings. The third-order valence-corrected chi connectivity index (χ3v) is 11.5. The maximum Gasteiger partial charge on any atom is 0.261 e. The number of carbonyl (C=O) groups is 1. The molecule has 1 aliphatic heterocycles. The lowest BCUT2D eigenvalue weighted by Crippen LogP contribution is -2.50. The number of benzene rings is 2. The van der Waals surface area contributed by atoms with Crippen molar-refractivity contribution in [3.63, 3.8) is 0 Å². The molecule has 0 spiro atoms. The fraction of sp³-hybridized carbons (Fsp3) is 0.346. The Hall–Kier alpha value is -2.68. The molecule has 216 valence electrons. The van der Waals surface area contributed by atoms with Crippen LogP contribution in [0.15, 0.2) is 69.1 Å². The number of carbonyl (C=O) groups excluding carboxylic acids is 1. The highest BCUT2D eigenvalue weighted by Gasteiger charge is 2.35. The number of anilines is 1. The van der Waals surface area contributed by atoms with Gasteiger partial charge in [-0.15, -0.1) is 11.3 Å². The predicted octanol–water partition coefficient (Wildman–Crippen LogP) is 3.74. The zero-order valence-corrected chi connectivity index (χ0v) is 25.2. The highest BCUT2D eigenvalue weighted by Crippen LogP contribution is 2.32. The molecule has 0 bridgehead atoms. The molecule has 0 aliphatic carbocycles. The minimum atomic E-state index is -3.99. The minimum absolute atomic E-state index is 0.00131. The molecule has 2 N–H and O–H groups in total. The average Bonchev–Trinajstić information content (AvgIpc) is 3.47. The number of likely N-dealkylation sites (N-methyl/N-ethyl adjacent to an activating group) is 1. The summed E-state index contributed by atoms with van der Waals surface area (Å²) in [7, 11) is -6.27. The topological polar surface area (TPSA) is 133 Å². The van der Waals surface area contributed by atoms with E-state index in [2.05, 4.69) is 4.72 Å². The van der Waals surface area contributed by atoms with E-state index in [0.29, 0.717) is 5.02 Å². The van der Waals surface area contributed by atoms with Crippen molar-refractivity contribution in [2.45, 2.75) is 35.1 Å². The van der Waals surface area contributed by atoms with E-state index in [4.69, 9.17) is 16.3 Å². The van der Waals surface area contributed by atoms with E-state index >= 15 is 0 Å². The van der Waals surface area contributed by atoms with Crippen LogP contribution in [0.4, 0.5) is 5.69 Å². The molecule has 0 unspecified atom stereocenters. The van der Waals surface area contributed by atoms with E-state index < -0.39 is 38.1 Å². The maximum atomic E-state index is 13.6. The van der Waals surface area contributed by atoms with Gasteiger partial charge in [0.25, 0.3) is 26.0 Å². The summed E-state index contributed by atoms with van der Waals surface area (Å²) in [6.07, 6.45) is -0.656. The number of hydrogen-bond acceptors (Lipinski definition) is 8. The van der Waals surface area contributed by atoms with E-state index in [1.54, 1.807) is 18.4 Å². The zero-order valence-electron chi connectivity index (χ0n) is 22.0. The van der Waals surface area contributed by atoms with Crippen LogP contribution in [0.3, 0.4) is 0 Å². The maximum absolute atomic E-state index is 13.6. The number of nitrogens with zero attached hydrogens (tertiary/aromatic N) is 2. The van der Waals surface area contributed by atoms with Gasteiger partial charge in [0.1, 0.15) is 16.1 Å². The second-order valence-corrected chi connectivity index (χ2v) is 14.9. The number of nitrogens with one attached hydrogen (secondary N) is 1. The Morgan fingerprint density at radius 1 is 1.18 bits per heavy atom. The van der Waals surface area contributed by atoms with Gasteiger partial charge in [-0.2, -0.15) is 4.31 Å². The smallest absolute Gasteiger partial charge is 0.261 e. The average molecular weight is 628 g/mol. The van der Waals surface area contributed by atoms with Gasteiger partial charge < -0.3 is 14.7 Å². The molecule has 4 rings (SSSR count). The third-order valence-electron chi connectivity index (χ3n) is 6.64. The van der Waals surface area contributed by atoms with Crippen LogP contribution in [0.25, 0.3) is 0 Å². The van der Waals surface area contributed by atoms with E-state index in [1.807, 2.05) is 6.92 Å². The van der Waals surface area contributed by atoms with Crippen molar-refractivity contribution < 1.29 is 31.5 Å². The lowest BCUT2D eigenvalue weighted by Gasteiger charge is -2.38. The summed E-state index contributed by atoms with van der Waals surface area (Å²) in [6.45, 7) is 3.43. The zero-order chi connectivity index (χ0) is 29.2. The Morgan fingerprint density at radius 2 is 1.88 bits per heavy atom. The van der Waals surface area contributed by atoms with Gasteiger partial charge in [-0.05, 0) is 60.8 Å². The van der Waals surface area contributed by atoms with Gasteiger partial charge in [-0.25, -0.2) is 16.8 Å². The second kappa shape index (κ2) is 12.0. The highest BCUT2D eigenvalue weighted by molar-refractivity contribution is 7.92. The normalized spacial score (nSPS) is 18.9. The predicted molar refractivity (Wildman–Crippen MR) is 154 cm³/mol. The molecule has 1 aromatic heterocycles. The van der Waals surface area contributed by atoms with Gasteiger partial charge in [0.2, 0.25) is 0 Å². The summed E-state index contributed by atoms with van der Waals surface area (Å²) in [5, 5.41) is 11.9.